The number of likely N-dealkylation sites (N-methyl/N-ethyl adjacent to an activating group) is 1. The SMILES string of the molecule is Cc1ccc(C2(N3CCC3(Oc3ccc(C(F)(F)F)cc3)C(O)N3CCN(C)C3)CC2)cc1. The van der Waals surface area contributed by atoms with Crippen molar-refractivity contribution in [1.82, 2.24) is 14.7 Å². The van der Waals surface area contributed by atoms with Gasteiger partial charge in [-0.25, -0.2) is 0 Å². The van der Waals surface area contributed by atoms with E-state index < -0.39 is 23.7 Å². The molecule has 2 heterocycles. The van der Waals surface area contributed by atoms with Crippen LogP contribution in [0.2, 0.25) is 0 Å². The van der Waals surface area contributed by atoms with Crippen LogP contribution in [0.25, 0.3) is 0 Å². The van der Waals surface area contributed by atoms with Gasteiger partial charge < -0.3 is 9.84 Å². The first-order chi connectivity index (χ1) is 15.6. The lowest BCUT2D eigenvalue weighted by Gasteiger charge is -2.58. The topological polar surface area (TPSA) is 39.2 Å². The minimum atomic E-state index is -4.40. The quantitative estimate of drug-likeness (QED) is 0.704. The van der Waals surface area contributed by atoms with Crippen LogP contribution >= 0.6 is 0 Å². The number of ether oxygens (including phenoxy) is 1. The maximum absolute atomic E-state index is 13.0. The summed E-state index contributed by atoms with van der Waals surface area (Å²) in [6.45, 7) is 4.98. The molecule has 1 aliphatic carbocycles. The highest BCUT2D eigenvalue weighted by atomic mass is 19.4. The van der Waals surface area contributed by atoms with Crippen molar-refractivity contribution in [2.24, 2.45) is 0 Å². The number of aliphatic hydroxyl groups excluding tert-OH is 1. The third-order valence-electron chi connectivity index (χ3n) is 7.40. The van der Waals surface area contributed by atoms with E-state index in [0.717, 1.165) is 38.1 Å². The first-order valence-corrected chi connectivity index (χ1v) is 11.5. The molecule has 2 saturated heterocycles. The van der Waals surface area contributed by atoms with Crippen LogP contribution in [0.4, 0.5) is 13.2 Å². The van der Waals surface area contributed by atoms with Crippen molar-refractivity contribution in [2.75, 3.05) is 33.4 Å². The van der Waals surface area contributed by atoms with Crippen LogP contribution in [0.3, 0.4) is 0 Å². The second kappa shape index (κ2) is 7.98. The van der Waals surface area contributed by atoms with E-state index >= 15 is 0 Å². The van der Waals surface area contributed by atoms with Crippen LogP contribution in [0.1, 0.15) is 36.0 Å². The van der Waals surface area contributed by atoms with Gasteiger partial charge in [-0.15, -0.1) is 0 Å². The number of hydrogen-bond acceptors (Lipinski definition) is 5. The number of nitrogens with zero attached hydrogens (tertiary/aromatic N) is 3. The number of halogens is 3. The van der Waals surface area contributed by atoms with Crippen molar-refractivity contribution in [3.05, 3.63) is 65.2 Å². The Labute approximate surface area is 192 Å². The maximum Gasteiger partial charge on any atom is 0.416 e. The van der Waals surface area contributed by atoms with Gasteiger partial charge in [-0.3, -0.25) is 14.7 Å². The summed E-state index contributed by atoms with van der Waals surface area (Å²) in [5, 5.41) is 11.6. The zero-order chi connectivity index (χ0) is 23.4. The second-order valence-electron chi connectivity index (χ2n) is 9.68. The van der Waals surface area contributed by atoms with Crippen LogP contribution < -0.4 is 4.74 Å². The van der Waals surface area contributed by atoms with Crippen molar-refractivity contribution in [3.63, 3.8) is 0 Å². The van der Waals surface area contributed by atoms with Gasteiger partial charge in [0.2, 0.25) is 5.72 Å². The molecule has 3 fully saturated rings. The first-order valence-electron chi connectivity index (χ1n) is 11.5. The summed E-state index contributed by atoms with van der Waals surface area (Å²) in [5.41, 5.74) is 0.426. The number of alkyl halides is 3. The van der Waals surface area contributed by atoms with Gasteiger partial charge in [-0.1, -0.05) is 29.8 Å². The van der Waals surface area contributed by atoms with E-state index in [1.165, 1.54) is 23.3 Å². The van der Waals surface area contributed by atoms with Crippen LogP contribution in [0.5, 0.6) is 5.75 Å². The highest BCUT2D eigenvalue weighted by molar-refractivity contribution is 5.36. The summed E-state index contributed by atoms with van der Waals surface area (Å²) in [6.07, 6.45) is -2.78. The summed E-state index contributed by atoms with van der Waals surface area (Å²) in [7, 11) is 2.00. The first kappa shape index (κ1) is 22.7. The van der Waals surface area contributed by atoms with Crippen LogP contribution in [-0.4, -0.2) is 65.1 Å². The van der Waals surface area contributed by atoms with Crippen molar-refractivity contribution >= 4 is 0 Å². The molecule has 1 N–H and O–H groups in total. The Morgan fingerprint density at radius 2 is 1.61 bits per heavy atom. The summed E-state index contributed by atoms with van der Waals surface area (Å²) < 4.78 is 45.6. The molecule has 33 heavy (non-hydrogen) atoms. The summed E-state index contributed by atoms with van der Waals surface area (Å²) in [4.78, 5) is 6.36. The van der Waals surface area contributed by atoms with E-state index in [1.54, 1.807) is 0 Å². The van der Waals surface area contributed by atoms with Gasteiger partial charge in [0, 0.05) is 26.1 Å². The third kappa shape index (κ3) is 3.93. The number of rotatable bonds is 6. The Hall–Kier alpha value is -2.13. The Morgan fingerprint density at radius 3 is 2.09 bits per heavy atom. The smallest absolute Gasteiger partial charge is 0.416 e. The van der Waals surface area contributed by atoms with Crippen molar-refractivity contribution in [3.8, 4) is 5.75 Å². The van der Waals surface area contributed by atoms with E-state index in [2.05, 4.69) is 41.0 Å². The summed E-state index contributed by atoms with van der Waals surface area (Å²) >= 11 is 0. The van der Waals surface area contributed by atoms with E-state index in [0.29, 0.717) is 25.4 Å². The van der Waals surface area contributed by atoms with Crippen LogP contribution in [0, 0.1) is 6.92 Å². The lowest BCUT2D eigenvalue weighted by atomic mass is 9.87. The molecule has 3 aliphatic rings. The van der Waals surface area contributed by atoms with Gasteiger partial charge >= 0.3 is 6.18 Å². The minimum absolute atomic E-state index is 0.218. The third-order valence-corrected chi connectivity index (χ3v) is 7.40. The predicted molar refractivity (Wildman–Crippen MR) is 118 cm³/mol. The fourth-order valence-corrected chi connectivity index (χ4v) is 5.30. The van der Waals surface area contributed by atoms with Gasteiger partial charge in [0.15, 0.2) is 6.23 Å². The molecule has 0 bridgehead atoms. The molecule has 1 saturated carbocycles. The average molecular weight is 462 g/mol. The van der Waals surface area contributed by atoms with E-state index in [9.17, 15) is 18.3 Å². The molecule has 178 valence electrons. The Bertz CT molecular complexity index is 991. The van der Waals surface area contributed by atoms with Crippen molar-refractivity contribution in [2.45, 2.75) is 49.9 Å². The average Bonchev–Trinajstić information content (AvgIpc) is 3.42. The molecular weight excluding hydrogens is 431 g/mol. The molecule has 2 aromatic carbocycles. The van der Waals surface area contributed by atoms with Gasteiger partial charge in [0.05, 0.1) is 17.8 Å². The normalized spacial score (nSPS) is 26.7. The molecular formula is C25H30F3N3O2. The molecule has 0 spiro atoms. The van der Waals surface area contributed by atoms with Crippen molar-refractivity contribution in [1.29, 1.82) is 0 Å². The van der Waals surface area contributed by atoms with E-state index in [4.69, 9.17) is 4.74 Å². The highest BCUT2D eigenvalue weighted by Crippen LogP contribution is 2.58. The Balaban J connectivity index is 1.48. The Kier molecular flexibility index (Phi) is 5.47. The molecule has 2 atom stereocenters. The van der Waals surface area contributed by atoms with Crippen molar-refractivity contribution < 1.29 is 23.0 Å². The summed E-state index contributed by atoms with van der Waals surface area (Å²) in [5.74, 6) is 0.332. The predicted octanol–water partition coefficient (Wildman–Crippen LogP) is 4.01. The molecule has 5 rings (SSSR count). The highest BCUT2D eigenvalue weighted by Gasteiger charge is 2.66. The zero-order valence-corrected chi connectivity index (χ0v) is 19.0. The number of aliphatic hydroxyl groups is 1. The lowest BCUT2D eigenvalue weighted by Crippen LogP contribution is -2.75. The van der Waals surface area contributed by atoms with Gasteiger partial charge in [-0.05, 0) is 56.6 Å². The lowest BCUT2D eigenvalue weighted by molar-refractivity contribution is -0.275. The minimum Gasteiger partial charge on any atom is -0.468 e. The zero-order valence-electron chi connectivity index (χ0n) is 19.0. The van der Waals surface area contributed by atoms with E-state index in [1.807, 2.05) is 11.9 Å². The number of aryl methyl sites for hydroxylation is 1. The summed E-state index contributed by atoms with van der Waals surface area (Å²) in [6, 6.07) is 13.3. The molecule has 0 radical (unpaired) electrons. The van der Waals surface area contributed by atoms with Crippen LogP contribution in [0.15, 0.2) is 48.5 Å². The second-order valence-corrected chi connectivity index (χ2v) is 9.68. The van der Waals surface area contributed by atoms with Gasteiger partial charge in [0.1, 0.15) is 5.75 Å². The van der Waals surface area contributed by atoms with Crippen LogP contribution in [-0.2, 0) is 11.7 Å². The monoisotopic (exact) mass is 461 g/mol. The molecule has 8 heteroatoms. The fraction of sp³-hybridized carbons (Fsp3) is 0.520. The molecule has 0 amide bonds. The van der Waals surface area contributed by atoms with E-state index in [-0.39, 0.29) is 5.54 Å². The Morgan fingerprint density at radius 1 is 0.939 bits per heavy atom. The largest absolute Gasteiger partial charge is 0.468 e. The molecule has 2 aliphatic heterocycles. The molecule has 5 nitrogen and oxygen atoms in total. The molecule has 2 unspecified atom stereocenters. The molecule has 0 aromatic heterocycles. The number of likely N-dealkylation sites (tertiary alicyclic amines) is 1. The number of hydrogen-bond donors (Lipinski definition) is 1. The fourth-order valence-electron chi connectivity index (χ4n) is 5.30. The van der Waals surface area contributed by atoms with Gasteiger partial charge in [0.25, 0.3) is 0 Å². The standard InChI is InChI=1S/C25H30F3N3O2/c1-18-3-5-19(6-4-18)23(11-12-23)31-14-13-24(31,22(32)30-16-15-29(2)17-30)33-21-9-7-20(8-10-21)25(26,27)28/h3-10,22,32H,11-17H2,1-2H3. The number of benzene rings is 2. The molecule has 2 aromatic rings. The van der Waals surface area contributed by atoms with Gasteiger partial charge in [-0.2, -0.15) is 13.2 Å². The maximum atomic E-state index is 13.0.